The van der Waals surface area contributed by atoms with Gasteiger partial charge in [-0.25, -0.2) is 4.98 Å². The van der Waals surface area contributed by atoms with Crippen LogP contribution in [0.1, 0.15) is 16.9 Å². The molecular weight excluding hydrogens is 506 g/mol. The van der Waals surface area contributed by atoms with Crippen LogP contribution in [0.3, 0.4) is 0 Å². The highest BCUT2D eigenvalue weighted by molar-refractivity contribution is 7.80. The summed E-state index contributed by atoms with van der Waals surface area (Å²) in [5, 5.41) is 6.12. The average molecular weight is 528 g/mol. The second-order valence-corrected chi connectivity index (χ2v) is 9.30. The summed E-state index contributed by atoms with van der Waals surface area (Å²) in [5.74, 6) is 1.32. The predicted octanol–water partition coefficient (Wildman–Crippen LogP) is 7.55. The number of carbonyl (C=O) groups excluding carboxylic acids is 1. The molecule has 5 aromatic rings. The van der Waals surface area contributed by atoms with Gasteiger partial charge in [-0.15, -0.1) is 0 Å². The molecular formula is C29H22ClN3O3S. The normalized spacial score (nSPS) is 11.2. The van der Waals surface area contributed by atoms with E-state index in [-0.39, 0.29) is 5.11 Å². The number of aromatic nitrogens is 1. The van der Waals surface area contributed by atoms with Crippen LogP contribution in [-0.4, -0.2) is 16.0 Å². The van der Waals surface area contributed by atoms with E-state index in [0.717, 1.165) is 39.1 Å². The third-order valence-corrected chi connectivity index (χ3v) is 6.14. The standard InChI is InChI=1S/C29H22ClN3O3S/c1-17-14-18(2)27-24(15-17)31-28(36-27)20-8-11-22(30)23(16-20)32-29(37)33-26(34)13-10-21-9-12-25(35-21)19-6-4-3-5-7-19/h3-16H,1-2H3,(H2,32,33,34,37)/b13-10+. The molecule has 2 aromatic heterocycles. The van der Waals surface area contributed by atoms with E-state index >= 15 is 0 Å². The predicted molar refractivity (Wildman–Crippen MR) is 151 cm³/mol. The highest BCUT2D eigenvalue weighted by atomic mass is 35.5. The van der Waals surface area contributed by atoms with E-state index in [4.69, 9.17) is 32.7 Å². The van der Waals surface area contributed by atoms with E-state index in [1.807, 2.05) is 62.4 Å². The zero-order chi connectivity index (χ0) is 25.9. The lowest BCUT2D eigenvalue weighted by Crippen LogP contribution is -2.32. The Kier molecular flexibility index (Phi) is 6.90. The van der Waals surface area contributed by atoms with Crippen molar-refractivity contribution in [1.82, 2.24) is 10.3 Å². The first-order valence-electron chi connectivity index (χ1n) is 11.5. The zero-order valence-corrected chi connectivity index (χ0v) is 21.6. The lowest BCUT2D eigenvalue weighted by Gasteiger charge is -2.10. The number of aryl methyl sites for hydroxylation is 2. The highest BCUT2D eigenvalue weighted by Gasteiger charge is 2.13. The van der Waals surface area contributed by atoms with E-state index < -0.39 is 5.91 Å². The largest absolute Gasteiger partial charge is 0.457 e. The maximum atomic E-state index is 12.4. The summed E-state index contributed by atoms with van der Waals surface area (Å²) >= 11 is 11.7. The molecule has 0 aliphatic heterocycles. The fraction of sp³-hybridized carbons (Fsp3) is 0.0690. The molecule has 8 heteroatoms. The summed E-state index contributed by atoms with van der Waals surface area (Å²) in [7, 11) is 0. The first-order valence-corrected chi connectivity index (χ1v) is 12.3. The van der Waals surface area contributed by atoms with Gasteiger partial charge in [-0.05, 0) is 79.7 Å². The number of hydrogen-bond donors (Lipinski definition) is 2. The molecule has 0 bridgehead atoms. The average Bonchev–Trinajstić information content (AvgIpc) is 3.52. The van der Waals surface area contributed by atoms with Crippen LogP contribution in [0.5, 0.6) is 0 Å². The number of carbonyl (C=O) groups is 1. The van der Waals surface area contributed by atoms with E-state index in [0.29, 0.717) is 22.4 Å². The van der Waals surface area contributed by atoms with Gasteiger partial charge in [0.1, 0.15) is 17.0 Å². The van der Waals surface area contributed by atoms with Crippen molar-refractivity contribution in [2.24, 2.45) is 0 Å². The Morgan fingerprint density at radius 1 is 0.973 bits per heavy atom. The molecule has 0 atom stereocenters. The molecule has 3 aromatic carbocycles. The molecule has 184 valence electrons. The van der Waals surface area contributed by atoms with Crippen LogP contribution in [0.25, 0.3) is 40.0 Å². The summed E-state index contributed by atoms with van der Waals surface area (Å²) in [4.78, 5) is 17.0. The number of halogens is 1. The van der Waals surface area contributed by atoms with Gasteiger partial charge in [-0.1, -0.05) is 48.0 Å². The van der Waals surface area contributed by atoms with Crippen molar-refractivity contribution < 1.29 is 13.6 Å². The Morgan fingerprint density at radius 3 is 2.59 bits per heavy atom. The lowest BCUT2D eigenvalue weighted by molar-refractivity contribution is -0.115. The summed E-state index contributed by atoms with van der Waals surface area (Å²) in [6.07, 6.45) is 2.93. The quantitative estimate of drug-likeness (QED) is 0.181. The van der Waals surface area contributed by atoms with Crippen molar-refractivity contribution in [3.63, 3.8) is 0 Å². The number of rotatable bonds is 5. The van der Waals surface area contributed by atoms with Crippen molar-refractivity contribution in [3.8, 4) is 22.8 Å². The van der Waals surface area contributed by atoms with Crippen LogP contribution in [0.2, 0.25) is 5.02 Å². The van der Waals surface area contributed by atoms with Crippen molar-refractivity contribution in [2.45, 2.75) is 13.8 Å². The van der Waals surface area contributed by atoms with Crippen LogP contribution in [-0.2, 0) is 4.79 Å². The Morgan fingerprint density at radius 2 is 1.78 bits per heavy atom. The molecule has 37 heavy (non-hydrogen) atoms. The molecule has 0 saturated heterocycles. The van der Waals surface area contributed by atoms with Gasteiger partial charge in [0, 0.05) is 17.2 Å². The van der Waals surface area contributed by atoms with Crippen molar-refractivity contribution in [3.05, 3.63) is 101 Å². The number of nitrogens with one attached hydrogen (secondary N) is 2. The van der Waals surface area contributed by atoms with Gasteiger partial charge >= 0.3 is 0 Å². The molecule has 5 rings (SSSR count). The maximum Gasteiger partial charge on any atom is 0.250 e. The smallest absolute Gasteiger partial charge is 0.250 e. The molecule has 1 amide bonds. The summed E-state index contributed by atoms with van der Waals surface area (Å²) in [5.41, 5.74) is 5.86. The molecule has 0 fully saturated rings. The van der Waals surface area contributed by atoms with E-state index in [2.05, 4.69) is 21.7 Å². The summed E-state index contributed by atoms with van der Waals surface area (Å²) < 4.78 is 11.8. The van der Waals surface area contributed by atoms with Gasteiger partial charge < -0.3 is 14.2 Å². The monoisotopic (exact) mass is 527 g/mol. The molecule has 0 saturated carbocycles. The Balaban J connectivity index is 1.25. The van der Waals surface area contributed by atoms with Gasteiger partial charge in [0.05, 0.1) is 10.7 Å². The number of nitrogens with zero attached hydrogens (tertiary/aromatic N) is 1. The topological polar surface area (TPSA) is 80.3 Å². The first kappa shape index (κ1) is 24.5. The highest BCUT2D eigenvalue weighted by Crippen LogP contribution is 2.32. The zero-order valence-electron chi connectivity index (χ0n) is 20.0. The van der Waals surface area contributed by atoms with E-state index in [1.165, 1.54) is 6.08 Å². The molecule has 0 aliphatic rings. The first-order chi connectivity index (χ1) is 17.9. The van der Waals surface area contributed by atoms with E-state index in [1.54, 1.807) is 24.3 Å². The van der Waals surface area contributed by atoms with Crippen LogP contribution in [0.15, 0.2) is 87.7 Å². The minimum Gasteiger partial charge on any atom is -0.457 e. The number of furan rings is 1. The van der Waals surface area contributed by atoms with Gasteiger partial charge in [0.2, 0.25) is 11.8 Å². The number of anilines is 1. The fourth-order valence-electron chi connectivity index (χ4n) is 3.92. The Hall–Kier alpha value is -4.20. The van der Waals surface area contributed by atoms with Gasteiger partial charge in [-0.2, -0.15) is 0 Å². The van der Waals surface area contributed by atoms with Crippen LogP contribution in [0, 0.1) is 13.8 Å². The summed E-state index contributed by atoms with van der Waals surface area (Å²) in [6.45, 7) is 4.01. The van der Waals surface area contributed by atoms with Crippen molar-refractivity contribution in [2.75, 3.05) is 5.32 Å². The molecule has 0 spiro atoms. The second-order valence-electron chi connectivity index (χ2n) is 8.49. The molecule has 0 aliphatic carbocycles. The molecule has 6 nitrogen and oxygen atoms in total. The Bertz CT molecular complexity index is 1650. The minimum absolute atomic E-state index is 0.0992. The van der Waals surface area contributed by atoms with Crippen LogP contribution >= 0.6 is 23.8 Å². The molecule has 0 radical (unpaired) electrons. The Labute approximate surface area is 224 Å². The SMILES string of the molecule is Cc1cc(C)c2oc(-c3ccc(Cl)c(NC(=S)NC(=O)/C=C/c4ccc(-c5ccccc5)o4)c3)nc2c1. The van der Waals surface area contributed by atoms with Gasteiger partial charge in [-0.3, -0.25) is 10.1 Å². The van der Waals surface area contributed by atoms with Crippen LogP contribution < -0.4 is 10.6 Å². The number of hydrogen-bond acceptors (Lipinski definition) is 5. The number of thiocarbonyl (C=S) groups is 1. The second kappa shape index (κ2) is 10.4. The number of fused-ring (bicyclic) bond motifs is 1. The maximum absolute atomic E-state index is 12.4. The lowest BCUT2D eigenvalue weighted by atomic mass is 10.1. The van der Waals surface area contributed by atoms with Gasteiger partial charge in [0.25, 0.3) is 0 Å². The molecule has 2 N–H and O–H groups in total. The molecule has 0 unspecified atom stereocenters. The minimum atomic E-state index is -0.410. The van der Waals surface area contributed by atoms with Crippen molar-refractivity contribution in [1.29, 1.82) is 0 Å². The van der Waals surface area contributed by atoms with Crippen molar-refractivity contribution >= 4 is 57.7 Å². The number of oxazole rings is 1. The fourth-order valence-corrected chi connectivity index (χ4v) is 4.29. The van der Waals surface area contributed by atoms with Gasteiger partial charge in [0.15, 0.2) is 10.7 Å². The van der Waals surface area contributed by atoms with Crippen LogP contribution in [0.4, 0.5) is 5.69 Å². The summed E-state index contributed by atoms with van der Waals surface area (Å²) in [6, 6.07) is 22.7. The van der Waals surface area contributed by atoms with E-state index in [9.17, 15) is 4.79 Å². The third kappa shape index (κ3) is 5.63. The third-order valence-electron chi connectivity index (χ3n) is 5.60. The number of amides is 1. The molecule has 2 heterocycles. The number of benzene rings is 3.